The molecule has 0 unspecified atom stereocenters. The Hall–Kier alpha value is -3.83. The zero-order valence-corrected chi connectivity index (χ0v) is 21.6. The molecule has 0 bridgehead atoms. The predicted molar refractivity (Wildman–Crippen MR) is 142 cm³/mol. The molecule has 11 heteroatoms. The first kappa shape index (κ1) is 27.2. The van der Waals surface area contributed by atoms with Crippen molar-refractivity contribution in [3.8, 4) is 0 Å². The van der Waals surface area contributed by atoms with E-state index in [1.807, 2.05) is 13.8 Å². The van der Waals surface area contributed by atoms with Gasteiger partial charge in [0.05, 0.1) is 23.1 Å². The van der Waals surface area contributed by atoms with E-state index in [-0.39, 0.29) is 11.3 Å². The fraction of sp³-hybridized carbons (Fsp3) is 0.333. The number of benzene rings is 2. The van der Waals surface area contributed by atoms with Crippen molar-refractivity contribution in [3.05, 3.63) is 82.3 Å². The molecule has 1 amide bonds. The molecule has 38 heavy (non-hydrogen) atoms. The molecule has 1 aromatic heterocycles. The lowest BCUT2D eigenvalue weighted by Crippen LogP contribution is -2.34. The number of hydrogen-bond acceptors (Lipinski definition) is 6. The van der Waals surface area contributed by atoms with E-state index in [1.165, 1.54) is 11.2 Å². The average Bonchev–Trinajstić information content (AvgIpc) is 3.15. The molecule has 2 aromatic carbocycles. The number of halogens is 3. The number of nitrogens with two attached hydrogens (primary N) is 2. The van der Waals surface area contributed by atoms with E-state index in [1.54, 1.807) is 42.2 Å². The lowest BCUT2D eigenvalue weighted by molar-refractivity contribution is -0.137. The van der Waals surface area contributed by atoms with Gasteiger partial charge in [0.2, 0.25) is 0 Å². The van der Waals surface area contributed by atoms with Crippen LogP contribution in [0.25, 0.3) is 5.70 Å². The fourth-order valence-electron chi connectivity index (χ4n) is 4.21. The summed E-state index contributed by atoms with van der Waals surface area (Å²) in [5.41, 5.74) is 9.42. The van der Waals surface area contributed by atoms with E-state index < -0.39 is 17.6 Å². The largest absolute Gasteiger partial charge is 0.416 e. The number of hydrazine groups is 1. The van der Waals surface area contributed by atoms with Crippen molar-refractivity contribution in [1.29, 1.82) is 0 Å². The third-order valence-corrected chi connectivity index (χ3v) is 6.85. The summed E-state index contributed by atoms with van der Waals surface area (Å²) in [5.74, 6) is 5.70. The van der Waals surface area contributed by atoms with Crippen LogP contribution < -0.4 is 27.2 Å². The lowest BCUT2D eigenvalue weighted by atomic mass is 9.93. The monoisotopic (exact) mass is 527 g/mol. The molecule has 6 N–H and O–H groups in total. The van der Waals surface area contributed by atoms with Crippen LogP contribution in [-0.2, 0) is 19.8 Å². The smallest absolute Gasteiger partial charge is 0.397 e. The summed E-state index contributed by atoms with van der Waals surface area (Å²) in [5, 5.41) is 11.4. The lowest BCUT2D eigenvalue weighted by Gasteiger charge is -2.26. The minimum absolute atomic E-state index is 0.0677. The summed E-state index contributed by atoms with van der Waals surface area (Å²) in [6.45, 7) is 3.99. The molecule has 202 valence electrons. The van der Waals surface area contributed by atoms with Gasteiger partial charge in [-0.1, -0.05) is 12.5 Å². The molecule has 1 fully saturated rings. The van der Waals surface area contributed by atoms with Crippen molar-refractivity contribution in [1.82, 2.24) is 15.1 Å². The molecule has 1 heterocycles. The highest BCUT2D eigenvalue weighted by Gasteiger charge is 2.31. The second kappa shape index (κ2) is 10.9. The molecular weight excluding hydrogens is 495 g/mol. The number of carbonyl (C=O) groups excluding carboxylic acids is 1. The van der Waals surface area contributed by atoms with Crippen LogP contribution in [0.5, 0.6) is 0 Å². The third-order valence-electron chi connectivity index (χ3n) is 6.85. The molecule has 8 nitrogen and oxygen atoms in total. The van der Waals surface area contributed by atoms with Crippen LogP contribution in [0.3, 0.4) is 0 Å². The van der Waals surface area contributed by atoms with Crippen molar-refractivity contribution in [2.45, 2.75) is 51.9 Å². The van der Waals surface area contributed by atoms with Gasteiger partial charge in [-0.25, -0.2) is 5.84 Å². The molecule has 0 saturated heterocycles. The maximum Gasteiger partial charge on any atom is 0.416 e. The first-order valence-electron chi connectivity index (χ1n) is 12.3. The Morgan fingerprint density at radius 3 is 2.55 bits per heavy atom. The quantitative estimate of drug-likeness (QED) is 0.252. The Balaban J connectivity index is 1.55. The van der Waals surface area contributed by atoms with Gasteiger partial charge < -0.3 is 16.4 Å². The molecule has 0 radical (unpaired) electrons. The average molecular weight is 528 g/mol. The van der Waals surface area contributed by atoms with Crippen LogP contribution >= 0.6 is 0 Å². The number of nitrogens with zero attached hydrogens (tertiary/aromatic N) is 3. The Morgan fingerprint density at radius 1 is 1.21 bits per heavy atom. The zero-order valence-electron chi connectivity index (χ0n) is 21.6. The number of nitrogens with one attached hydrogen (secondary N) is 2. The van der Waals surface area contributed by atoms with E-state index in [2.05, 4.69) is 15.7 Å². The summed E-state index contributed by atoms with van der Waals surface area (Å²) >= 11 is 0. The normalized spacial score (nSPS) is 14.3. The predicted octanol–water partition coefficient (Wildman–Crippen LogP) is 4.59. The molecule has 1 saturated carbocycles. The summed E-state index contributed by atoms with van der Waals surface area (Å²) in [6, 6.07) is 8.79. The summed E-state index contributed by atoms with van der Waals surface area (Å²) in [6.07, 6.45) is 1.77. The molecule has 0 spiro atoms. The summed E-state index contributed by atoms with van der Waals surface area (Å²) in [7, 11) is 1.80. The van der Waals surface area contributed by atoms with Gasteiger partial charge in [-0.3, -0.25) is 14.5 Å². The third kappa shape index (κ3) is 6.17. The van der Waals surface area contributed by atoms with Crippen LogP contribution in [0.15, 0.2) is 48.8 Å². The zero-order chi connectivity index (χ0) is 27.6. The topological polar surface area (TPSA) is 114 Å². The SMILES string of the molecule is Cc1ccc(C(=O)Nc2cc(CNC3CCC3)cc(C(F)(F)F)c2)cc1N(N)/C=C(\N)c1cnn(C)c1C. The van der Waals surface area contributed by atoms with Gasteiger partial charge in [0.15, 0.2) is 0 Å². The molecule has 1 aliphatic carbocycles. The Kier molecular flexibility index (Phi) is 7.79. The Bertz CT molecular complexity index is 1360. The Morgan fingerprint density at radius 2 is 1.95 bits per heavy atom. The fourth-order valence-corrected chi connectivity index (χ4v) is 4.21. The van der Waals surface area contributed by atoms with E-state index in [0.29, 0.717) is 29.5 Å². The van der Waals surface area contributed by atoms with Gasteiger partial charge in [0, 0.05) is 48.3 Å². The highest BCUT2D eigenvalue weighted by atomic mass is 19.4. The number of hydrogen-bond donors (Lipinski definition) is 4. The second-order valence-corrected chi connectivity index (χ2v) is 9.64. The summed E-state index contributed by atoms with van der Waals surface area (Å²) in [4.78, 5) is 13.1. The van der Waals surface area contributed by atoms with Gasteiger partial charge in [-0.2, -0.15) is 18.3 Å². The van der Waals surface area contributed by atoms with Gasteiger partial charge in [0.1, 0.15) is 0 Å². The standard InChI is InChI=1S/C27H32F3N7O/c1-16-7-8-19(11-25(16)37(32)15-24(31)23-14-34-36(3)17(23)2)26(38)35-22-10-18(13-33-21-5-4-6-21)9-20(12-22)27(28,29)30/h7-12,14-15,21,33H,4-6,13,31-32H2,1-3H3,(H,35,38)/b24-15-. The number of amides is 1. The van der Waals surface area contributed by atoms with Crippen molar-refractivity contribution in [2.24, 2.45) is 18.6 Å². The van der Waals surface area contributed by atoms with Crippen LogP contribution in [-0.4, -0.2) is 21.7 Å². The maximum absolute atomic E-state index is 13.6. The van der Waals surface area contributed by atoms with Crippen molar-refractivity contribution in [3.63, 3.8) is 0 Å². The maximum atomic E-state index is 13.6. The molecule has 0 aliphatic heterocycles. The van der Waals surface area contributed by atoms with Gasteiger partial charge in [-0.05, 0) is 68.1 Å². The minimum Gasteiger partial charge on any atom is -0.397 e. The van der Waals surface area contributed by atoms with E-state index in [0.717, 1.165) is 48.2 Å². The number of rotatable bonds is 8. The highest BCUT2D eigenvalue weighted by molar-refractivity contribution is 6.05. The van der Waals surface area contributed by atoms with Crippen molar-refractivity contribution >= 4 is 23.0 Å². The van der Waals surface area contributed by atoms with Crippen LogP contribution in [0.2, 0.25) is 0 Å². The number of anilines is 2. The molecular formula is C27H32F3N7O. The molecule has 1 aliphatic rings. The number of aromatic nitrogens is 2. The van der Waals surface area contributed by atoms with E-state index in [9.17, 15) is 18.0 Å². The summed E-state index contributed by atoms with van der Waals surface area (Å²) < 4.78 is 42.3. The molecule has 0 atom stereocenters. The van der Waals surface area contributed by atoms with Gasteiger partial charge in [-0.15, -0.1) is 0 Å². The van der Waals surface area contributed by atoms with Crippen molar-refractivity contribution < 1.29 is 18.0 Å². The first-order chi connectivity index (χ1) is 17.9. The second-order valence-electron chi connectivity index (χ2n) is 9.64. The highest BCUT2D eigenvalue weighted by Crippen LogP contribution is 2.32. The van der Waals surface area contributed by atoms with Gasteiger partial charge in [0.25, 0.3) is 5.91 Å². The number of carbonyl (C=O) groups is 1. The van der Waals surface area contributed by atoms with Crippen LogP contribution in [0.1, 0.15) is 57.6 Å². The van der Waals surface area contributed by atoms with Crippen LogP contribution in [0.4, 0.5) is 24.5 Å². The van der Waals surface area contributed by atoms with E-state index in [4.69, 9.17) is 11.6 Å². The first-order valence-corrected chi connectivity index (χ1v) is 12.3. The molecule has 3 aromatic rings. The number of alkyl halides is 3. The molecule has 4 rings (SSSR count). The minimum atomic E-state index is -4.54. The van der Waals surface area contributed by atoms with Crippen LogP contribution in [0, 0.1) is 13.8 Å². The van der Waals surface area contributed by atoms with E-state index >= 15 is 0 Å². The van der Waals surface area contributed by atoms with Crippen molar-refractivity contribution in [2.75, 3.05) is 10.3 Å². The Labute approximate surface area is 219 Å². The van der Waals surface area contributed by atoms with Gasteiger partial charge >= 0.3 is 6.18 Å². The number of aryl methyl sites for hydroxylation is 2.